The molecule has 0 fully saturated rings. The molecule has 3 N–H and O–H groups in total. The Morgan fingerprint density at radius 3 is 2.42 bits per heavy atom. The van der Waals surface area contributed by atoms with Crippen LogP contribution in [0.1, 0.15) is 22.3 Å². The molecule has 0 unspecified atom stereocenters. The number of carbonyl (C=O) groups excluding carboxylic acids is 1. The molecule has 7 heteroatoms. The average molecular weight is 330 g/mol. The molecule has 0 saturated carbocycles. The summed E-state index contributed by atoms with van der Waals surface area (Å²) < 4.78 is 0.793. The van der Waals surface area contributed by atoms with E-state index in [9.17, 15) is 14.4 Å². The lowest BCUT2D eigenvalue weighted by Gasteiger charge is -2.13. The van der Waals surface area contributed by atoms with Gasteiger partial charge in [-0.3, -0.25) is 9.59 Å². The Morgan fingerprint density at radius 1 is 1.32 bits per heavy atom. The summed E-state index contributed by atoms with van der Waals surface area (Å²) in [7, 11) is 0. The van der Waals surface area contributed by atoms with Crippen molar-refractivity contribution in [1.82, 2.24) is 5.32 Å². The first kappa shape index (κ1) is 15.2. The quantitative estimate of drug-likeness (QED) is 0.757. The second kappa shape index (κ2) is 6.33. The molecule has 0 saturated heterocycles. The van der Waals surface area contributed by atoms with E-state index >= 15 is 0 Å². The van der Waals surface area contributed by atoms with Gasteiger partial charge in [-0.05, 0) is 30.7 Å². The number of nitrogens with one attached hydrogen (secondary N) is 1. The van der Waals surface area contributed by atoms with Crippen LogP contribution in [0.25, 0.3) is 0 Å². The lowest BCUT2D eigenvalue weighted by atomic mass is 10.1. The first-order chi connectivity index (χ1) is 8.81. The highest BCUT2D eigenvalue weighted by molar-refractivity contribution is 9.10. The third-order valence-electron chi connectivity index (χ3n) is 2.42. The summed E-state index contributed by atoms with van der Waals surface area (Å²) >= 11 is 3.25. The summed E-state index contributed by atoms with van der Waals surface area (Å²) in [5, 5.41) is 19.6. The molecule has 1 amide bonds. The van der Waals surface area contributed by atoms with Gasteiger partial charge in [-0.25, -0.2) is 4.79 Å². The van der Waals surface area contributed by atoms with Crippen molar-refractivity contribution in [2.24, 2.45) is 0 Å². The van der Waals surface area contributed by atoms with Crippen LogP contribution in [0.15, 0.2) is 22.7 Å². The van der Waals surface area contributed by atoms with E-state index in [0.717, 1.165) is 4.47 Å². The number of aliphatic carboxylic acids is 2. The molecule has 1 aromatic rings. The van der Waals surface area contributed by atoms with Crippen LogP contribution in [0, 0.1) is 6.92 Å². The minimum Gasteiger partial charge on any atom is -0.481 e. The van der Waals surface area contributed by atoms with Gasteiger partial charge in [0.15, 0.2) is 0 Å². The topological polar surface area (TPSA) is 104 Å². The van der Waals surface area contributed by atoms with Gasteiger partial charge < -0.3 is 15.5 Å². The lowest BCUT2D eigenvalue weighted by molar-refractivity contribution is -0.145. The molecule has 1 atom stereocenters. The van der Waals surface area contributed by atoms with Gasteiger partial charge in [0.1, 0.15) is 6.04 Å². The number of hydrogen-bond acceptors (Lipinski definition) is 3. The third kappa shape index (κ3) is 4.36. The highest BCUT2D eigenvalue weighted by atomic mass is 79.9. The van der Waals surface area contributed by atoms with Crippen LogP contribution < -0.4 is 5.32 Å². The summed E-state index contributed by atoms with van der Waals surface area (Å²) in [4.78, 5) is 33.3. The molecule has 0 aliphatic carbocycles. The Hall–Kier alpha value is -1.89. The first-order valence-electron chi connectivity index (χ1n) is 5.33. The van der Waals surface area contributed by atoms with Gasteiger partial charge in [-0.2, -0.15) is 0 Å². The number of hydrogen-bond donors (Lipinski definition) is 3. The highest BCUT2D eigenvalue weighted by Crippen LogP contribution is 2.16. The molecule has 0 heterocycles. The van der Waals surface area contributed by atoms with Crippen LogP contribution in [0.2, 0.25) is 0 Å². The molecule has 0 spiro atoms. The van der Waals surface area contributed by atoms with Crippen LogP contribution in [0.5, 0.6) is 0 Å². The predicted octanol–water partition coefficient (Wildman–Crippen LogP) is 1.42. The van der Waals surface area contributed by atoms with Gasteiger partial charge in [-0.1, -0.05) is 15.9 Å². The van der Waals surface area contributed by atoms with E-state index in [1.807, 2.05) is 0 Å². The number of carboxylic acids is 2. The highest BCUT2D eigenvalue weighted by Gasteiger charge is 2.24. The number of aryl methyl sites for hydroxylation is 1. The summed E-state index contributed by atoms with van der Waals surface area (Å²) in [6, 6.07) is 3.44. The molecule has 0 aromatic heterocycles. The third-order valence-corrected chi connectivity index (χ3v) is 2.91. The molecular weight excluding hydrogens is 318 g/mol. The van der Waals surface area contributed by atoms with Crippen molar-refractivity contribution in [3.05, 3.63) is 33.8 Å². The molecule has 0 radical (unpaired) electrons. The molecule has 6 nitrogen and oxygen atoms in total. The average Bonchev–Trinajstić information content (AvgIpc) is 2.26. The van der Waals surface area contributed by atoms with Crippen molar-refractivity contribution < 1.29 is 24.6 Å². The number of benzene rings is 1. The molecule has 19 heavy (non-hydrogen) atoms. The molecule has 1 rings (SSSR count). The Labute approximate surface area is 117 Å². The number of carbonyl (C=O) groups is 3. The van der Waals surface area contributed by atoms with Crippen LogP contribution >= 0.6 is 15.9 Å². The Morgan fingerprint density at radius 2 is 1.95 bits per heavy atom. The minimum absolute atomic E-state index is 0.305. The standard InChI is InChI=1S/C12H12BrNO5/c1-6-4-7(13)2-3-8(6)11(17)14-9(12(18)19)5-10(15)16/h2-4,9H,5H2,1H3,(H,14,17)(H,15,16)(H,18,19)/t9-/m0/s1. The fourth-order valence-corrected chi connectivity index (χ4v) is 1.97. The van der Waals surface area contributed by atoms with Crippen molar-refractivity contribution in [2.75, 3.05) is 0 Å². The normalized spacial score (nSPS) is 11.7. The van der Waals surface area contributed by atoms with E-state index in [-0.39, 0.29) is 0 Å². The fraction of sp³-hybridized carbons (Fsp3) is 0.250. The van der Waals surface area contributed by atoms with Crippen LogP contribution in [-0.2, 0) is 9.59 Å². The predicted molar refractivity (Wildman–Crippen MR) is 70.0 cm³/mol. The summed E-state index contributed by atoms with van der Waals surface area (Å²) in [6.07, 6.45) is -0.670. The van der Waals surface area contributed by atoms with Gasteiger partial charge in [0.25, 0.3) is 5.91 Å². The van der Waals surface area contributed by atoms with Crippen molar-refractivity contribution in [2.45, 2.75) is 19.4 Å². The number of rotatable bonds is 5. The van der Waals surface area contributed by atoms with Crippen molar-refractivity contribution in [3.63, 3.8) is 0 Å². The largest absolute Gasteiger partial charge is 0.481 e. The van der Waals surface area contributed by atoms with Gasteiger partial charge in [-0.15, -0.1) is 0 Å². The van der Waals surface area contributed by atoms with E-state index in [1.165, 1.54) is 6.07 Å². The summed E-state index contributed by atoms with van der Waals surface area (Å²) in [5.41, 5.74) is 0.964. The molecule has 102 valence electrons. The number of halogens is 1. The Kier molecular flexibility index (Phi) is 5.05. The lowest BCUT2D eigenvalue weighted by Crippen LogP contribution is -2.42. The summed E-state index contributed by atoms with van der Waals surface area (Å²) in [6.45, 7) is 1.70. The maximum Gasteiger partial charge on any atom is 0.326 e. The van der Waals surface area contributed by atoms with E-state index in [0.29, 0.717) is 11.1 Å². The van der Waals surface area contributed by atoms with Gasteiger partial charge in [0.2, 0.25) is 0 Å². The maximum absolute atomic E-state index is 11.9. The van der Waals surface area contributed by atoms with Crippen LogP contribution in [0.3, 0.4) is 0 Å². The van der Waals surface area contributed by atoms with E-state index < -0.39 is 30.3 Å². The van der Waals surface area contributed by atoms with Crippen LogP contribution in [0.4, 0.5) is 0 Å². The minimum atomic E-state index is -1.45. The van der Waals surface area contributed by atoms with E-state index in [4.69, 9.17) is 10.2 Å². The fourth-order valence-electron chi connectivity index (χ4n) is 1.49. The second-order valence-electron chi connectivity index (χ2n) is 3.92. The monoisotopic (exact) mass is 329 g/mol. The Balaban J connectivity index is 2.87. The molecule has 0 aliphatic rings. The zero-order chi connectivity index (χ0) is 14.6. The van der Waals surface area contributed by atoms with Crippen LogP contribution in [-0.4, -0.2) is 34.1 Å². The van der Waals surface area contributed by atoms with Gasteiger partial charge in [0, 0.05) is 10.0 Å². The molecule has 1 aromatic carbocycles. The zero-order valence-electron chi connectivity index (χ0n) is 10.0. The summed E-state index contributed by atoms with van der Waals surface area (Å²) in [5.74, 6) is -3.29. The smallest absolute Gasteiger partial charge is 0.326 e. The second-order valence-corrected chi connectivity index (χ2v) is 4.84. The SMILES string of the molecule is Cc1cc(Br)ccc1C(=O)N[C@@H](CC(=O)O)C(=O)O. The molecule has 0 bridgehead atoms. The van der Waals surface area contributed by atoms with E-state index in [2.05, 4.69) is 21.2 Å². The molecular formula is C12H12BrNO5. The van der Waals surface area contributed by atoms with Gasteiger partial charge in [0.05, 0.1) is 6.42 Å². The van der Waals surface area contributed by atoms with Crippen molar-refractivity contribution in [1.29, 1.82) is 0 Å². The van der Waals surface area contributed by atoms with Crippen molar-refractivity contribution in [3.8, 4) is 0 Å². The van der Waals surface area contributed by atoms with Crippen molar-refractivity contribution >= 4 is 33.8 Å². The number of carboxylic acid groups (broad SMARTS) is 2. The first-order valence-corrected chi connectivity index (χ1v) is 6.12. The maximum atomic E-state index is 11.9. The zero-order valence-corrected chi connectivity index (χ0v) is 11.6. The van der Waals surface area contributed by atoms with Gasteiger partial charge >= 0.3 is 11.9 Å². The molecule has 0 aliphatic heterocycles. The number of amides is 1. The Bertz CT molecular complexity index is 529. The van der Waals surface area contributed by atoms with E-state index in [1.54, 1.807) is 19.1 Å².